The quantitative estimate of drug-likeness (QED) is 0.595. The van der Waals surface area contributed by atoms with Gasteiger partial charge in [-0.15, -0.1) is 0 Å². The van der Waals surface area contributed by atoms with Gasteiger partial charge in [-0.05, 0) is 24.3 Å². The average molecular weight is 288 g/mol. The molecule has 3 heterocycles. The van der Waals surface area contributed by atoms with Gasteiger partial charge in [0, 0.05) is 40.1 Å². The van der Waals surface area contributed by atoms with Gasteiger partial charge in [0.2, 0.25) is 5.66 Å². The molecule has 0 aliphatic carbocycles. The number of hydrogen-bond acceptors (Lipinski definition) is 3. The zero-order valence-electron chi connectivity index (χ0n) is 11.6. The highest BCUT2D eigenvalue weighted by atomic mass is 16.2. The Hall–Kier alpha value is -3.08. The number of amides is 1. The highest BCUT2D eigenvalue weighted by Gasteiger charge is 2.48. The summed E-state index contributed by atoms with van der Waals surface area (Å²) in [5.41, 5.74) is 3.53. The second kappa shape index (κ2) is 3.76. The van der Waals surface area contributed by atoms with Gasteiger partial charge in [0.05, 0.1) is 5.69 Å². The van der Waals surface area contributed by atoms with Crippen molar-refractivity contribution in [2.24, 2.45) is 4.99 Å². The van der Waals surface area contributed by atoms with Crippen molar-refractivity contribution in [3.05, 3.63) is 59.8 Å². The van der Waals surface area contributed by atoms with E-state index in [2.05, 4.69) is 20.6 Å². The van der Waals surface area contributed by atoms with Gasteiger partial charge in [0.1, 0.15) is 0 Å². The Bertz CT molecular complexity index is 972. The first-order valence-electron chi connectivity index (χ1n) is 7.12. The first-order valence-corrected chi connectivity index (χ1v) is 7.12. The molecule has 1 amide bonds. The Morgan fingerprint density at radius 1 is 1.05 bits per heavy atom. The molecule has 5 nitrogen and oxygen atoms in total. The van der Waals surface area contributed by atoms with Crippen LogP contribution in [-0.2, 0) is 10.5 Å². The first-order chi connectivity index (χ1) is 10.8. The summed E-state index contributed by atoms with van der Waals surface area (Å²) in [5, 5.41) is 7.34. The standard InChI is InChI=1S/C17H12N4O/c22-16-17(12-3-1-2-4-14(12)20-16)19-9-10-5-6-13-11(7-8-18-13)15(10)21-17/h1-9,18,21H,(H,20,22). The number of rotatable bonds is 0. The van der Waals surface area contributed by atoms with Crippen molar-refractivity contribution in [3.63, 3.8) is 0 Å². The van der Waals surface area contributed by atoms with Crippen molar-refractivity contribution in [1.29, 1.82) is 0 Å². The van der Waals surface area contributed by atoms with E-state index in [-0.39, 0.29) is 5.91 Å². The van der Waals surface area contributed by atoms with E-state index in [0.29, 0.717) is 0 Å². The molecule has 1 spiro atoms. The Balaban J connectivity index is 1.77. The second-order valence-electron chi connectivity index (χ2n) is 5.56. The molecule has 0 fully saturated rings. The number of aromatic nitrogens is 1. The maximum Gasteiger partial charge on any atom is 0.277 e. The molecule has 106 valence electrons. The normalized spacial score (nSPS) is 21.5. The van der Waals surface area contributed by atoms with E-state index in [0.717, 1.165) is 33.4 Å². The number of fused-ring (bicyclic) bond motifs is 5. The molecule has 22 heavy (non-hydrogen) atoms. The summed E-state index contributed by atoms with van der Waals surface area (Å²) in [5.74, 6) is -0.150. The van der Waals surface area contributed by atoms with E-state index in [1.165, 1.54) is 0 Å². The molecule has 5 heteroatoms. The van der Waals surface area contributed by atoms with E-state index in [4.69, 9.17) is 0 Å². The number of H-pyrrole nitrogens is 1. The van der Waals surface area contributed by atoms with E-state index >= 15 is 0 Å². The van der Waals surface area contributed by atoms with Crippen LogP contribution >= 0.6 is 0 Å². The Kier molecular flexibility index (Phi) is 1.98. The predicted molar refractivity (Wildman–Crippen MR) is 86.3 cm³/mol. The van der Waals surface area contributed by atoms with E-state index in [1.54, 1.807) is 6.21 Å². The fourth-order valence-electron chi connectivity index (χ4n) is 3.27. The number of nitrogens with one attached hydrogen (secondary N) is 3. The Morgan fingerprint density at radius 2 is 1.95 bits per heavy atom. The number of para-hydroxylation sites is 1. The molecule has 2 aromatic carbocycles. The van der Waals surface area contributed by atoms with Gasteiger partial charge in [-0.2, -0.15) is 0 Å². The molecule has 0 saturated carbocycles. The van der Waals surface area contributed by atoms with Crippen molar-refractivity contribution >= 4 is 34.4 Å². The van der Waals surface area contributed by atoms with Gasteiger partial charge in [0.25, 0.3) is 5.91 Å². The van der Waals surface area contributed by atoms with Gasteiger partial charge in [0.15, 0.2) is 0 Å². The van der Waals surface area contributed by atoms with Crippen molar-refractivity contribution in [3.8, 4) is 0 Å². The topological polar surface area (TPSA) is 69.3 Å². The molecule has 1 aromatic heterocycles. The minimum atomic E-state index is -1.07. The number of aromatic amines is 1. The minimum absolute atomic E-state index is 0.150. The summed E-state index contributed by atoms with van der Waals surface area (Å²) in [6.07, 6.45) is 3.67. The summed E-state index contributed by atoms with van der Waals surface area (Å²) in [7, 11) is 0. The summed E-state index contributed by atoms with van der Waals surface area (Å²) in [6.45, 7) is 0. The van der Waals surface area contributed by atoms with Crippen LogP contribution in [0.1, 0.15) is 11.1 Å². The van der Waals surface area contributed by atoms with Crippen molar-refractivity contribution in [2.45, 2.75) is 5.66 Å². The number of benzene rings is 2. The average Bonchev–Trinajstić information content (AvgIpc) is 3.12. The number of aliphatic imine (C=N–C) groups is 1. The summed E-state index contributed by atoms with van der Waals surface area (Å²) in [6, 6.07) is 13.7. The fourth-order valence-corrected chi connectivity index (χ4v) is 3.27. The number of nitrogens with zero attached hydrogens (tertiary/aromatic N) is 1. The minimum Gasteiger partial charge on any atom is -0.361 e. The lowest BCUT2D eigenvalue weighted by Crippen LogP contribution is -2.42. The number of hydrogen-bond donors (Lipinski definition) is 3. The maximum absolute atomic E-state index is 12.6. The Labute approximate surface area is 126 Å². The van der Waals surface area contributed by atoms with Gasteiger partial charge in [-0.25, -0.2) is 0 Å². The smallest absolute Gasteiger partial charge is 0.277 e. The molecule has 5 rings (SSSR count). The van der Waals surface area contributed by atoms with Crippen LogP contribution in [0.15, 0.2) is 53.7 Å². The van der Waals surface area contributed by atoms with Crippen LogP contribution in [0.2, 0.25) is 0 Å². The molecular formula is C17H12N4O. The second-order valence-corrected chi connectivity index (χ2v) is 5.56. The third-order valence-corrected chi connectivity index (χ3v) is 4.36. The number of carbonyl (C=O) groups is 1. The van der Waals surface area contributed by atoms with Crippen molar-refractivity contribution < 1.29 is 4.79 Å². The fraction of sp³-hybridized carbons (Fsp3) is 0.0588. The number of carbonyl (C=O) groups excluding carboxylic acids is 1. The molecule has 2 aliphatic rings. The van der Waals surface area contributed by atoms with E-state index < -0.39 is 5.66 Å². The SMILES string of the molecule is O=C1Nc2ccccc2C12N=Cc1ccc3[nH]ccc3c1N2. The van der Waals surface area contributed by atoms with Gasteiger partial charge >= 0.3 is 0 Å². The maximum atomic E-state index is 12.6. The molecule has 0 bridgehead atoms. The lowest BCUT2D eigenvalue weighted by molar-refractivity contribution is -0.119. The van der Waals surface area contributed by atoms with E-state index in [1.807, 2.05) is 48.7 Å². The summed E-state index contributed by atoms with van der Waals surface area (Å²) >= 11 is 0. The van der Waals surface area contributed by atoms with Crippen LogP contribution in [0, 0.1) is 0 Å². The summed E-state index contributed by atoms with van der Waals surface area (Å²) in [4.78, 5) is 20.3. The zero-order chi connectivity index (χ0) is 14.7. The molecule has 1 unspecified atom stereocenters. The monoisotopic (exact) mass is 288 g/mol. The molecule has 3 N–H and O–H groups in total. The largest absolute Gasteiger partial charge is 0.361 e. The van der Waals surface area contributed by atoms with Gasteiger partial charge in [-0.3, -0.25) is 9.79 Å². The van der Waals surface area contributed by atoms with Crippen LogP contribution in [0.5, 0.6) is 0 Å². The molecule has 1 atom stereocenters. The molecule has 0 saturated heterocycles. The van der Waals surface area contributed by atoms with Crippen LogP contribution in [-0.4, -0.2) is 17.1 Å². The van der Waals surface area contributed by atoms with Crippen molar-refractivity contribution in [1.82, 2.24) is 4.98 Å². The third kappa shape index (κ3) is 1.28. The Morgan fingerprint density at radius 3 is 2.91 bits per heavy atom. The molecule has 0 radical (unpaired) electrons. The van der Waals surface area contributed by atoms with Crippen LogP contribution in [0.25, 0.3) is 10.9 Å². The summed E-state index contributed by atoms with van der Waals surface area (Å²) < 4.78 is 0. The number of anilines is 2. The predicted octanol–water partition coefficient (Wildman–Crippen LogP) is 2.82. The van der Waals surface area contributed by atoms with E-state index in [9.17, 15) is 4.79 Å². The first kappa shape index (κ1) is 11.6. The van der Waals surface area contributed by atoms with Gasteiger partial charge in [-0.1, -0.05) is 18.2 Å². The molecule has 2 aliphatic heterocycles. The third-order valence-electron chi connectivity index (χ3n) is 4.36. The lowest BCUT2D eigenvalue weighted by atomic mass is 9.97. The lowest BCUT2D eigenvalue weighted by Gasteiger charge is -2.30. The highest BCUT2D eigenvalue weighted by Crippen LogP contribution is 2.43. The van der Waals surface area contributed by atoms with Gasteiger partial charge < -0.3 is 15.6 Å². The van der Waals surface area contributed by atoms with Crippen LogP contribution < -0.4 is 10.6 Å². The van der Waals surface area contributed by atoms with Crippen molar-refractivity contribution in [2.75, 3.05) is 10.6 Å². The zero-order valence-corrected chi connectivity index (χ0v) is 11.6. The molecule has 3 aromatic rings. The van der Waals surface area contributed by atoms with Crippen LogP contribution in [0.4, 0.5) is 11.4 Å². The highest BCUT2D eigenvalue weighted by molar-refractivity contribution is 6.13. The van der Waals surface area contributed by atoms with Crippen LogP contribution in [0.3, 0.4) is 0 Å². The molecular weight excluding hydrogens is 276 g/mol.